The van der Waals surface area contributed by atoms with Crippen molar-refractivity contribution >= 4 is 29.2 Å². The summed E-state index contributed by atoms with van der Waals surface area (Å²) in [7, 11) is 0. The standard InChI is InChI=1S/C16H22FN3O4.C11H21NO2.C6H3F2NO2/c1-11-10-18(15(21)24-16(2,3)4)7-8-19(11)14-6-5-12(20(22)23)9-13(14)17;1-9-6-5-7-12(8-9)10(13)14-11(2,3)4;7-5-2-1-4(9(10)11)3-6(5)8/h5-6,9,11H,7-8,10H2,1-4H3;9H,5-8H2,1-4H3;1-3H/t11-;9-;/m01./s1. The van der Waals surface area contributed by atoms with Crippen LogP contribution in [0.25, 0.3) is 0 Å². The van der Waals surface area contributed by atoms with Crippen LogP contribution in [0, 0.1) is 43.6 Å². The fraction of sp³-hybridized carbons (Fsp3) is 0.576. The second-order valence-corrected chi connectivity index (χ2v) is 13.9. The molecule has 2 aliphatic rings. The van der Waals surface area contributed by atoms with Gasteiger partial charge in [-0.2, -0.15) is 0 Å². The number of halogens is 3. The number of nitrogens with zero attached hydrogens (tertiary/aromatic N) is 5. The first-order chi connectivity index (χ1) is 22.6. The van der Waals surface area contributed by atoms with Crippen molar-refractivity contribution in [2.45, 2.75) is 85.5 Å². The molecule has 0 radical (unpaired) electrons. The molecule has 0 unspecified atom stereocenters. The lowest BCUT2D eigenvalue weighted by Gasteiger charge is -2.41. The van der Waals surface area contributed by atoms with Gasteiger partial charge < -0.3 is 24.2 Å². The van der Waals surface area contributed by atoms with Crippen LogP contribution in [0.1, 0.15) is 68.2 Å². The van der Waals surface area contributed by atoms with Gasteiger partial charge in [0.2, 0.25) is 0 Å². The Morgan fingerprint density at radius 3 is 1.65 bits per heavy atom. The number of piperazine rings is 1. The topological polar surface area (TPSA) is 149 Å². The first kappa shape index (κ1) is 40.5. The number of piperidine rings is 1. The number of carbonyl (C=O) groups is 2. The van der Waals surface area contributed by atoms with E-state index in [1.165, 1.54) is 18.6 Å². The molecule has 16 heteroatoms. The quantitative estimate of drug-likeness (QED) is 0.232. The molecular weight excluding hydrogens is 651 g/mol. The normalized spacial score (nSPS) is 17.9. The first-order valence-corrected chi connectivity index (χ1v) is 15.8. The predicted molar refractivity (Wildman–Crippen MR) is 177 cm³/mol. The van der Waals surface area contributed by atoms with E-state index in [9.17, 15) is 43.0 Å². The molecule has 2 saturated heterocycles. The fourth-order valence-electron chi connectivity index (χ4n) is 4.93. The van der Waals surface area contributed by atoms with Gasteiger partial charge in [-0.3, -0.25) is 20.2 Å². The molecular formula is C33H46F3N5O8. The molecule has 0 bridgehead atoms. The van der Waals surface area contributed by atoms with Gasteiger partial charge in [0, 0.05) is 50.9 Å². The van der Waals surface area contributed by atoms with Gasteiger partial charge in [-0.15, -0.1) is 0 Å². The summed E-state index contributed by atoms with van der Waals surface area (Å²) in [6.07, 6.45) is 1.77. The second kappa shape index (κ2) is 17.2. The molecule has 2 fully saturated rings. The van der Waals surface area contributed by atoms with Crippen molar-refractivity contribution in [1.29, 1.82) is 0 Å². The van der Waals surface area contributed by atoms with E-state index in [0.29, 0.717) is 43.4 Å². The molecule has 2 aliphatic heterocycles. The Balaban J connectivity index is 0.000000282. The zero-order valence-electron chi connectivity index (χ0n) is 29.2. The number of benzene rings is 2. The lowest BCUT2D eigenvalue weighted by Crippen LogP contribution is -2.54. The van der Waals surface area contributed by atoms with Crippen LogP contribution in [0.3, 0.4) is 0 Å². The average Bonchev–Trinajstić information content (AvgIpc) is 2.97. The van der Waals surface area contributed by atoms with Gasteiger partial charge >= 0.3 is 12.2 Å². The van der Waals surface area contributed by atoms with E-state index >= 15 is 0 Å². The zero-order chi connectivity index (χ0) is 37.3. The molecule has 2 heterocycles. The molecule has 2 aromatic rings. The summed E-state index contributed by atoms with van der Waals surface area (Å²) in [6.45, 7) is 18.1. The van der Waals surface area contributed by atoms with Crippen LogP contribution >= 0.6 is 0 Å². The minimum atomic E-state index is -1.21. The highest BCUT2D eigenvalue weighted by Gasteiger charge is 2.31. The van der Waals surface area contributed by atoms with Gasteiger partial charge in [0.1, 0.15) is 11.2 Å². The number of amides is 2. The third-order valence-corrected chi connectivity index (χ3v) is 7.15. The largest absolute Gasteiger partial charge is 0.444 e. The number of carbonyl (C=O) groups excluding carboxylic acids is 2. The number of ether oxygens (including phenoxy) is 2. The van der Waals surface area contributed by atoms with Crippen LogP contribution in [-0.2, 0) is 9.47 Å². The number of hydrogen-bond acceptors (Lipinski definition) is 9. The molecule has 0 aromatic heterocycles. The van der Waals surface area contributed by atoms with Gasteiger partial charge in [0.15, 0.2) is 17.5 Å². The van der Waals surface area contributed by atoms with Crippen molar-refractivity contribution < 1.29 is 42.1 Å². The molecule has 0 spiro atoms. The zero-order valence-corrected chi connectivity index (χ0v) is 29.2. The average molecular weight is 698 g/mol. The number of hydrogen-bond donors (Lipinski definition) is 0. The molecule has 2 aromatic carbocycles. The highest BCUT2D eigenvalue weighted by atomic mass is 19.2. The number of rotatable bonds is 3. The monoisotopic (exact) mass is 697 g/mol. The summed E-state index contributed by atoms with van der Waals surface area (Å²) in [5.74, 6) is -2.33. The van der Waals surface area contributed by atoms with E-state index in [1.54, 1.807) is 30.6 Å². The van der Waals surface area contributed by atoms with Crippen molar-refractivity contribution in [3.8, 4) is 0 Å². The lowest BCUT2D eigenvalue weighted by molar-refractivity contribution is -0.385. The van der Waals surface area contributed by atoms with Gasteiger partial charge in [0.05, 0.1) is 27.7 Å². The minimum absolute atomic E-state index is 0.137. The van der Waals surface area contributed by atoms with E-state index in [1.807, 2.05) is 32.6 Å². The van der Waals surface area contributed by atoms with Gasteiger partial charge in [-0.05, 0) is 79.4 Å². The first-order valence-electron chi connectivity index (χ1n) is 15.8. The van der Waals surface area contributed by atoms with Crippen molar-refractivity contribution in [2.75, 3.05) is 37.6 Å². The van der Waals surface area contributed by atoms with E-state index in [4.69, 9.17) is 9.47 Å². The maximum Gasteiger partial charge on any atom is 0.410 e. The fourth-order valence-corrected chi connectivity index (χ4v) is 4.93. The SMILES string of the molecule is C[C@@H]1CCCN(C(=O)OC(C)(C)C)C1.C[C@H]1CN(C(=O)OC(C)(C)C)CCN1c1ccc([N+](=O)[O-])cc1F.O=[N+]([O-])c1ccc(F)c(F)c1. The highest BCUT2D eigenvalue weighted by Crippen LogP contribution is 2.28. The second-order valence-electron chi connectivity index (χ2n) is 13.9. The smallest absolute Gasteiger partial charge is 0.410 e. The summed E-state index contributed by atoms with van der Waals surface area (Å²) in [5, 5.41) is 20.7. The van der Waals surface area contributed by atoms with Crippen molar-refractivity contribution in [1.82, 2.24) is 9.80 Å². The Morgan fingerprint density at radius 2 is 1.22 bits per heavy atom. The maximum atomic E-state index is 14.2. The number of anilines is 1. The van der Waals surface area contributed by atoms with Crippen molar-refractivity contribution in [3.05, 3.63) is 74.1 Å². The number of nitro benzene ring substituents is 2. The van der Waals surface area contributed by atoms with E-state index < -0.39 is 44.7 Å². The Hall–Kier alpha value is -4.63. The van der Waals surface area contributed by atoms with E-state index in [-0.39, 0.29) is 23.4 Å². The Labute approximate surface area is 284 Å². The van der Waals surface area contributed by atoms with E-state index in [2.05, 4.69) is 6.92 Å². The molecule has 2 atom stereocenters. The molecule has 0 saturated carbocycles. The molecule has 49 heavy (non-hydrogen) atoms. The van der Waals surface area contributed by atoms with Gasteiger partial charge in [-0.25, -0.2) is 22.8 Å². The molecule has 13 nitrogen and oxygen atoms in total. The maximum absolute atomic E-state index is 14.2. The molecule has 4 rings (SSSR count). The Bertz CT molecular complexity index is 1480. The van der Waals surface area contributed by atoms with Crippen molar-refractivity contribution in [3.63, 3.8) is 0 Å². The summed E-state index contributed by atoms with van der Waals surface area (Å²) in [5.41, 5.74) is -1.38. The van der Waals surface area contributed by atoms with Crippen LogP contribution in [0.4, 0.5) is 39.8 Å². The molecule has 0 aliphatic carbocycles. The number of non-ortho nitro benzene ring substituents is 2. The van der Waals surface area contributed by atoms with Gasteiger partial charge in [0.25, 0.3) is 11.4 Å². The summed E-state index contributed by atoms with van der Waals surface area (Å²) < 4.78 is 49.3. The number of likely N-dealkylation sites (tertiary alicyclic amines) is 1. The molecule has 272 valence electrons. The third-order valence-electron chi connectivity index (χ3n) is 7.15. The Kier molecular flexibility index (Phi) is 14.2. The van der Waals surface area contributed by atoms with E-state index in [0.717, 1.165) is 31.6 Å². The summed E-state index contributed by atoms with van der Waals surface area (Å²) in [6, 6.07) is 5.63. The highest BCUT2D eigenvalue weighted by molar-refractivity contribution is 5.69. The van der Waals surface area contributed by atoms with Gasteiger partial charge in [-0.1, -0.05) is 6.92 Å². The van der Waals surface area contributed by atoms with Crippen LogP contribution < -0.4 is 4.90 Å². The lowest BCUT2D eigenvalue weighted by atomic mass is 10.0. The minimum Gasteiger partial charge on any atom is -0.444 e. The third kappa shape index (κ3) is 13.4. The Morgan fingerprint density at radius 1 is 0.735 bits per heavy atom. The summed E-state index contributed by atoms with van der Waals surface area (Å²) >= 11 is 0. The molecule has 0 N–H and O–H groups in total. The van der Waals surface area contributed by atoms with Crippen molar-refractivity contribution in [2.24, 2.45) is 5.92 Å². The molecule has 2 amide bonds. The number of nitro groups is 2. The van der Waals surface area contributed by atoms with Crippen LogP contribution in [0.2, 0.25) is 0 Å². The van der Waals surface area contributed by atoms with Crippen LogP contribution in [0.5, 0.6) is 0 Å². The van der Waals surface area contributed by atoms with Crippen LogP contribution in [0.15, 0.2) is 36.4 Å². The van der Waals surface area contributed by atoms with Crippen LogP contribution in [-0.4, -0.2) is 81.8 Å². The predicted octanol–water partition coefficient (Wildman–Crippen LogP) is 7.71. The summed E-state index contributed by atoms with van der Waals surface area (Å²) in [4.78, 5) is 48.3.